The van der Waals surface area contributed by atoms with E-state index < -0.39 is 0 Å². The van der Waals surface area contributed by atoms with Gasteiger partial charge in [-0.05, 0) is 25.3 Å². The molecule has 5 nitrogen and oxygen atoms in total. The number of carbonyl (C=O) groups is 1. The molecular weight excluding hydrogens is 300 g/mol. The molecule has 1 aliphatic heterocycles. The zero-order valence-corrected chi connectivity index (χ0v) is 14.2. The van der Waals surface area contributed by atoms with Crippen molar-refractivity contribution < 1.29 is 4.79 Å². The molecule has 0 aliphatic carbocycles. The second-order valence-corrected chi connectivity index (χ2v) is 6.34. The minimum Gasteiger partial charge on any atom is -0.348 e. The van der Waals surface area contributed by atoms with Gasteiger partial charge in [0.25, 0.3) is 5.91 Å². The number of rotatable bonds is 4. The van der Waals surface area contributed by atoms with Gasteiger partial charge < -0.3 is 10.2 Å². The lowest BCUT2D eigenvalue weighted by molar-refractivity contribution is 0.0950. The van der Waals surface area contributed by atoms with E-state index >= 15 is 0 Å². The van der Waals surface area contributed by atoms with Crippen LogP contribution in [0.2, 0.25) is 0 Å². The molecule has 1 amide bonds. The highest BCUT2D eigenvalue weighted by atomic mass is 16.1. The lowest BCUT2D eigenvalue weighted by Gasteiger charge is -2.19. The van der Waals surface area contributed by atoms with Gasteiger partial charge in [0, 0.05) is 32.0 Å². The maximum absolute atomic E-state index is 12.2. The molecule has 2 heterocycles. The molecule has 0 bridgehead atoms. The SMILES string of the molecule is Cc1cccc(CNC(=O)c2cnc(N3CCCCCC3)nc2)c1. The first-order chi connectivity index (χ1) is 11.7. The van der Waals surface area contributed by atoms with E-state index in [1.165, 1.54) is 31.2 Å². The molecule has 1 fully saturated rings. The molecule has 0 unspecified atom stereocenters. The van der Waals surface area contributed by atoms with Gasteiger partial charge in [0.05, 0.1) is 5.56 Å². The van der Waals surface area contributed by atoms with Gasteiger partial charge in [-0.2, -0.15) is 0 Å². The first-order valence-electron chi connectivity index (χ1n) is 8.63. The largest absolute Gasteiger partial charge is 0.348 e. The third-order valence-corrected chi connectivity index (χ3v) is 4.32. The van der Waals surface area contributed by atoms with Gasteiger partial charge in [-0.3, -0.25) is 4.79 Å². The van der Waals surface area contributed by atoms with Crippen LogP contribution in [0.5, 0.6) is 0 Å². The number of aromatic nitrogens is 2. The van der Waals surface area contributed by atoms with Crippen LogP contribution >= 0.6 is 0 Å². The minimum absolute atomic E-state index is 0.140. The van der Waals surface area contributed by atoms with Gasteiger partial charge in [0.2, 0.25) is 5.95 Å². The summed E-state index contributed by atoms with van der Waals surface area (Å²) in [4.78, 5) is 23.2. The van der Waals surface area contributed by atoms with Crippen LogP contribution in [0, 0.1) is 6.92 Å². The van der Waals surface area contributed by atoms with Crippen molar-refractivity contribution >= 4 is 11.9 Å². The van der Waals surface area contributed by atoms with Crippen molar-refractivity contribution in [3.63, 3.8) is 0 Å². The topological polar surface area (TPSA) is 58.1 Å². The zero-order valence-electron chi connectivity index (χ0n) is 14.2. The second kappa shape index (κ2) is 7.90. The summed E-state index contributed by atoms with van der Waals surface area (Å²) in [5.74, 6) is 0.589. The molecule has 126 valence electrons. The van der Waals surface area contributed by atoms with E-state index in [0.717, 1.165) is 24.6 Å². The highest BCUT2D eigenvalue weighted by Crippen LogP contribution is 2.15. The minimum atomic E-state index is -0.140. The van der Waals surface area contributed by atoms with Crippen LogP contribution in [0.15, 0.2) is 36.7 Å². The Labute approximate surface area is 143 Å². The number of aryl methyl sites for hydroxylation is 1. The fourth-order valence-electron chi connectivity index (χ4n) is 2.98. The predicted octanol–water partition coefficient (Wildman–Crippen LogP) is 3.10. The molecule has 1 N–H and O–H groups in total. The maximum atomic E-state index is 12.2. The number of nitrogens with one attached hydrogen (secondary N) is 1. The molecular formula is C19H24N4O. The Morgan fingerprint density at radius 2 is 1.83 bits per heavy atom. The van der Waals surface area contributed by atoms with Crippen LogP contribution in [0.25, 0.3) is 0 Å². The highest BCUT2D eigenvalue weighted by molar-refractivity contribution is 5.93. The monoisotopic (exact) mass is 324 g/mol. The standard InChI is InChI=1S/C19H24N4O/c1-15-7-6-8-16(11-15)12-20-18(24)17-13-21-19(22-14-17)23-9-4-2-3-5-10-23/h6-8,11,13-14H,2-5,9-10,12H2,1H3,(H,20,24). The molecule has 1 saturated heterocycles. The van der Waals surface area contributed by atoms with Gasteiger partial charge in [-0.1, -0.05) is 42.7 Å². The number of hydrogen-bond acceptors (Lipinski definition) is 4. The molecule has 1 aromatic carbocycles. The molecule has 1 aliphatic rings. The Morgan fingerprint density at radius 3 is 2.50 bits per heavy atom. The van der Waals surface area contributed by atoms with Crippen molar-refractivity contribution in [1.29, 1.82) is 0 Å². The van der Waals surface area contributed by atoms with E-state index in [1.54, 1.807) is 12.4 Å². The normalized spacial score (nSPS) is 15.0. The van der Waals surface area contributed by atoms with Crippen LogP contribution in [-0.4, -0.2) is 29.0 Å². The Hall–Kier alpha value is -2.43. The smallest absolute Gasteiger partial charge is 0.254 e. The predicted molar refractivity (Wildman–Crippen MR) is 95.1 cm³/mol. The molecule has 0 radical (unpaired) electrons. The summed E-state index contributed by atoms with van der Waals surface area (Å²) in [6, 6.07) is 8.11. The van der Waals surface area contributed by atoms with Crippen LogP contribution in [0.1, 0.15) is 47.2 Å². The average molecular weight is 324 g/mol. The summed E-state index contributed by atoms with van der Waals surface area (Å²) in [5, 5.41) is 2.92. The van der Waals surface area contributed by atoms with E-state index in [-0.39, 0.29) is 5.91 Å². The van der Waals surface area contributed by atoms with Crippen LogP contribution in [0.4, 0.5) is 5.95 Å². The molecule has 1 aromatic heterocycles. The molecule has 2 aromatic rings. The first-order valence-corrected chi connectivity index (χ1v) is 8.63. The number of hydrogen-bond donors (Lipinski definition) is 1. The fraction of sp³-hybridized carbons (Fsp3) is 0.421. The lowest BCUT2D eigenvalue weighted by atomic mass is 10.1. The van der Waals surface area contributed by atoms with Crippen LogP contribution < -0.4 is 10.2 Å². The summed E-state index contributed by atoms with van der Waals surface area (Å²) in [6.07, 6.45) is 8.16. The Balaban J connectivity index is 1.59. The Kier molecular flexibility index (Phi) is 5.41. The number of amides is 1. The van der Waals surface area contributed by atoms with Gasteiger partial charge in [-0.25, -0.2) is 9.97 Å². The lowest BCUT2D eigenvalue weighted by Crippen LogP contribution is -2.27. The van der Waals surface area contributed by atoms with E-state index in [0.29, 0.717) is 12.1 Å². The molecule has 5 heteroatoms. The Morgan fingerprint density at radius 1 is 1.12 bits per heavy atom. The maximum Gasteiger partial charge on any atom is 0.254 e. The molecule has 3 rings (SSSR count). The first kappa shape index (κ1) is 16.4. The number of anilines is 1. The summed E-state index contributed by atoms with van der Waals surface area (Å²) in [7, 11) is 0. The summed E-state index contributed by atoms with van der Waals surface area (Å²) >= 11 is 0. The quantitative estimate of drug-likeness (QED) is 0.939. The fourth-order valence-corrected chi connectivity index (χ4v) is 2.98. The van der Waals surface area contributed by atoms with Crippen molar-refractivity contribution in [3.8, 4) is 0 Å². The zero-order chi connectivity index (χ0) is 16.8. The summed E-state index contributed by atoms with van der Waals surface area (Å²) in [5.41, 5.74) is 2.78. The van der Waals surface area contributed by atoms with Gasteiger partial charge in [0.1, 0.15) is 0 Å². The third kappa shape index (κ3) is 4.31. The van der Waals surface area contributed by atoms with E-state index in [4.69, 9.17) is 0 Å². The Bertz CT molecular complexity index is 676. The summed E-state index contributed by atoms with van der Waals surface area (Å²) < 4.78 is 0. The molecule has 0 spiro atoms. The van der Waals surface area contributed by atoms with Crippen molar-refractivity contribution in [1.82, 2.24) is 15.3 Å². The molecule has 24 heavy (non-hydrogen) atoms. The highest BCUT2D eigenvalue weighted by Gasteiger charge is 2.13. The van der Waals surface area contributed by atoms with E-state index in [9.17, 15) is 4.79 Å². The van der Waals surface area contributed by atoms with Crippen LogP contribution in [0.3, 0.4) is 0 Å². The van der Waals surface area contributed by atoms with Crippen molar-refractivity contribution in [2.24, 2.45) is 0 Å². The van der Waals surface area contributed by atoms with Crippen molar-refractivity contribution in [3.05, 3.63) is 53.3 Å². The number of carbonyl (C=O) groups excluding carboxylic acids is 1. The molecule has 0 saturated carbocycles. The molecule has 0 atom stereocenters. The van der Waals surface area contributed by atoms with Gasteiger partial charge in [-0.15, -0.1) is 0 Å². The van der Waals surface area contributed by atoms with Gasteiger partial charge in [0.15, 0.2) is 0 Å². The second-order valence-electron chi connectivity index (χ2n) is 6.34. The van der Waals surface area contributed by atoms with Crippen molar-refractivity contribution in [2.75, 3.05) is 18.0 Å². The van der Waals surface area contributed by atoms with Crippen LogP contribution in [-0.2, 0) is 6.54 Å². The van der Waals surface area contributed by atoms with E-state index in [2.05, 4.69) is 26.3 Å². The van der Waals surface area contributed by atoms with Crippen molar-refractivity contribution in [2.45, 2.75) is 39.2 Å². The number of benzene rings is 1. The average Bonchev–Trinajstić information content (AvgIpc) is 2.89. The number of nitrogens with zero attached hydrogens (tertiary/aromatic N) is 3. The van der Waals surface area contributed by atoms with E-state index in [1.807, 2.05) is 25.1 Å². The van der Waals surface area contributed by atoms with Gasteiger partial charge >= 0.3 is 0 Å². The third-order valence-electron chi connectivity index (χ3n) is 4.32. The summed E-state index contributed by atoms with van der Waals surface area (Å²) in [6.45, 7) is 4.55.